The number of benzene rings is 1. The maximum atomic E-state index is 13.1. The van der Waals surface area contributed by atoms with Gasteiger partial charge in [-0.3, -0.25) is 24.2 Å². The van der Waals surface area contributed by atoms with Crippen molar-refractivity contribution in [3.05, 3.63) is 29.8 Å². The predicted molar refractivity (Wildman–Crippen MR) is 148 cm³/mol. The number of nitrogens with two attached hydrogens (primary N) is 4. The highest BCUT2D eigenvalue weighted by atomic mass is 16.4. The number of nitrogens with one attached hydrogen (secondary N) is 3. The van der Waals surface area contributed by atoms with E-state index in [0.29, 0.717) is 31.4 Å². The fourth-order valence-electron chi connectivity index (χ4n) is 3.69. The van der Waals surface area contributed by atoms with Crippen molar-refractivity contribution in [3.8, 4) is 5.75 Å². The standard InChI is InChI=1S/C25H40N8O8/c26-10-2-1-5-17(31-21(37)16(27)4-3-11-30-25(28)29)22(38)32-18(13-20(35)36)23(39)33-19(24(40)41)12-14-6-8-15(34)9-7-14/h6-9,16-19,34H,1-5,10-13,26-27H2,(H,31,37)(H,32,38)(H,33,39)(H,35,36)(H,40,41)(H4,28,29,30)/t16-,17-,18-,19-/m0/s1. The maximum Gasteiger partial charge on any atom is 0.326 e. The number of phenols is 1. The van der Waals surface area contributed by atoms with E-state index in [4.69, 9.17) is 22.9 Å². The average molecular weight is 581 g/mol. The lowest BCUT2D eigenvalue weighted by molar-refractivity contribution is -0.143. The number of guanidine groups is 1. The van der Waals surface area contributed by atoms with Gasteiger partial charge in [-0.15, -0.1) is 0 Å². The molecule has 0 heterocycles. The number of carboxylic acids is 2. The van der Waals surface area contributed by atoms with E-state index < -0.39 is 60.2 Å². The van der Waals surface area contributed by atoms with E-state index in [1.807, 2.05) is 0 Å². The largest absolute Gasteiger partial charge is 0.508 e. The van der Waals surface area contributed by atoms with Gasteiger partial charge in [0.25, 0.3) is 0 Å². The minimum atomic E-state index is -1.65. The molecular formula is C25H40N8O8. The zero-order valence-electron chi connectivity index (χ0n) is 22.6. The molecule has 4 atom stereocenters. The third-order valence-electron chi connectivity index (χ3n) is 5.89. The molecule has 3 amide bonds. The first-order valence-corrected chi connectivity index (χ1v) is 13.0. The van der Waals surface area contributed by atoms with E-state index in [2.05, 4.69) is 20.9 Å². The summed E-state index contributed by atoms with van der Waals surface area (Å²) in [6, 6.07) is 0.345. The van der Waals surface area contributed by atoms with E-state index in [-0.39, 0.29) is 37.5 Å². The van der Waals surface area contributed by atoms with Crippen molar-refractivity contribution < 1.29 is 39.3 Å². The number of unbranched alkanes of at least 4 members (excludes halogenated alkanes) is 1. The van der Waals surface area contributed by atoms with Crippen LogP contribution in [0.4, 0.5) is 0 Å². The smallest absolute Gasteiger partial charge is 0.326 e. The second-order valence-electron chi connectivity index (χ2n) is 9.33. The lowest BCUT2D eigenvalue weighted by atomic mass is 10.0. The number of phenolic OH excluding ortho intramolecular Hbond substituents is 1. The van der Waals surface area contributed by atoms with Crippen LogP contribution in [0.5, 0.6) is 5.75 Å². The van der Waals surface area contributed by atoms with Crippen molar-refractivity contribution in [2.45, 2.75) is 69.1 Å². The summed E-state index contributed by atoms with van der Waals surface area (Å²) in [4.78, 5) is 65.7. The minimum Gasteiger partial charge on any atom is -0.508 e. The van der Waals surface area contributed by atoms with E-state index in [0.717, 1.165) is 0 Å². The van der Waals surface area contributed by atoms with E-state index in [1.54, 1.807) is 0 Å². The number of carbonyl (C=O) groups excluding carboxylic acids is 3. The monoisotopic (exact) mass is 580 g/mol. The number of aliphatic imine (C=N–C) groups is 1. The van der Waals surface area contributed by atoms with Crippen LogP contribution in [0.1, 0.15) is 44.1 Å². The number of aliphatic carboxylic acids is 2. The number of hydrogen-bond donors (Lipinski definition) is 10. The van der Waals surface area contributed by atoms with Crippen molar-refractivity contribution in [1.82, 2.24) is 16.0 Å². The van der Waals surface area contributed by atoms with Crippen molar-refractivity contribution >= 4 is 35.6 Å². The molecule has 0 unspecified atom stereocenters. The highest BCUT2D eigenvalue weighted by Gasteiger charge is 2.31. The van der Waals surface area contributed by atoms with Gasteiger partial charge in [0.15, 0.2) is 5.96 Å². The zero-order chi connectivity index (χ0) is 30.9. The first kappa shape index (κ1) is 34.6. The highest BCUT2D eigenvalue weighted by Crippen LogP contribution is 2.12. The zero-order valence-corrected chi connectivity index (χ0v) is 22.6. The molecule has 1 aromatic rings. The second-order valence-corrected chi connectivity index (χ2v) is 9.33. The first-order chi connectivity index (χ1) is 19.3. The Hall–Kier alpha value is -4.44. The molecule has 16 heteroatoms. The van der Waals surface area contributed by atoms with E-state index >= 15 is 0 Å². The Morgan fingerprint density at radius 1 is 0.805 bits per heavy atom. The summed E-state index contributed by atoms with van der Waals surface area (Å²) in [7, 11) is 0. The number of carbonyl (C=O) groups is 5. The molecule has 16 nitrogen and oxygen atoms in total. The van der Waals surface area contributed by atoms with Gasteiger partial charge in [0.05, 0.1) is 12.5 Å². The summed E-state index contributed by atoms with van der Waals surface area (Å²) in [6.07, 6.45) is 0.660. The van der Waals surface area contributed by atoms with Crippen molar-refractivity contribution in [2.75, 3.05) is 13.1 Å². The van der Waals surface area contributed by atoms with E-state index in [9.17, 15) is 39.3 Å². The average Bonchev–Trinajstić information content (AvgIpc) is 2.90. The Kier molecular flexibility index (Phi) is 15.2. The van der Waals surface area contributed by atoms with Gasteiger partial charge >= 0.3 is 11.9 Å². The normalized spacial score (nSPS) is 13.6. The van der Waals surface area contributed by atoms with Gasteiger partial charge in [-0.25, -0.2) is 4.79 Å². The summed E-state index contributed by atoms with van der Waals surface area (Å²) in [6.45, 7) is 0.577. The van der Waals surface area contributed by atoms with Crippen LogP contribution in [0.15, 0.2) is 29.3 Å². The third-order valence-corrected chi connectivity index (χ3v) is 5.89. The molecule has 0 spiro atoms. The fraction of sp³-hybridized carbons (Fsp3) is 0.520. The number of carboxylic acid groups (broad SMARTS) is 2. The van der Waals surface area contributed by atoms with Crippen LogP contribution in [0.25, 0.3) is 0 Å². The third kappa shape index (κ3) is 14.0. The highest BCUT2D eigenvalue weighted by molar-refractivity contribution is 5.95. The maximum absolute atomic E-state index is 13.1. The van der Waals surface area contributed by atoms with Crippen molar-refractivity contribution in [3.63, 3.8) is 0 Å². The van der Waals surface area contributed by atoms with Crippen LogP contribution >= 0.6 is 0 Å². The van der Waals surface area contributed by atoms with Gasteiger partial charge in [0.2, 0.25) is 17.7 Å². The minimum absolute atomic E-state index is 0.0334. The topological polar surface area (TPSA) is 299 Å². The second kappa shape index (κ2) is 18.0. The van der Waals surface area contributed by atoms with Crippen LogP contribution in [0.2, 0.25) is 0 Å². The first-order valence-electron chi connectivity index (χ1n) is 13.0. The number of hydrogen-bond acceptors (Lipinski definition) is 9. The van der Waals surface area contributed by atoms with Gasteiger partial charge in [0.1, 0.15) is 23.9 Å². The molecule has 41 heavy (non-hydrogen) atoms. The summed E-state index contributed by atoms with van der Waals surface area (Å²) >= 11 is 0. The molecule has 0 aliphatic heterocycles. The number of aromatic hydroxyl groups is 1. The van der Waals surface area contributed by atoms with Gasteiger partial charge in [-0.05, 0) is 56.3 Å². The molecule has 1 aromatic carbocycles. The SMILES string of the molecule is NCCCC[C@H](NC(=O)[C@@H](N)CCCN=C(N)N)C(=O)N[C@@H](CC(=O)O)C(=O)N[C@@H](Cc1ccc(O)cc1)C(=O)O. The molecule has 14 N–H and O–H groups in total. The summed E-state index contributed by atoms with van der Waals surface area (Å²) in [5.74, 6) is -5.51. The Morgan fingerprint density at radius 2 is 1.39 bits per heavy atom. The van der Waals surface area contributed by atoms with Crippen molar-refractivity contribution in [1.29, 1.82) is 0 Å². The molecule has 0 bridgehead atoms. The Morgan fingerprint density at radius 3 is 1.95 bits per heavy atom. The summed E-state index contributed by atoms with van der Waals surface area (Å²) in [5.41, 5.74) is 22.4. The summed E-state index contributed by atoms with van der Waals surface area (Å²) in [5, 5.41) is 35.4. The van der Waals surface area contributed by atoms with Crippen LogP contribution < -0.4 is 38.9 Å². The molecule has 1 rings (SSSR count). The van der Waals surface area contributed by atoms with Crippen molar-refractivity contribution in [2.24, 2.45) is 27.9 Å². The lowest BCUT2D eigenvalue weighted by Crippen LogP contribution is -2.57. The molecular weight excluding hydrogens is 540 g/mol. The lowest BCUT2D eigenvalue weighted by Gasteiger charge is -2.24. The van der Waals surface area contributed by atoms with Crippen LogP contribution in [-0.2, 0) is 30.4 Å². The van der Waals surface area contributed by atoms with Gasteiger partial charge in [-0.1, -0.05) is 12.1 Å². The molecule has 0 aliphatic rings. The molecule has 0 radical (unpaired) electrons. The number of nitrogens with zero attached hydrogens (tertiary/aromatic N) is 1. The van der Waals surface area contributed by atoms with Gasteiger partial charge in [0, 0.05) is 13.0 Å². The van der Waals surface area contributed by atoms with Crippen LogP contribution in [0, 0.1) is 0 Å². The Labute approximate surface area is 236 Å². The summed E-state index contributed by atoms with van der Waals surface area (Å²) < 4.78 is 0. The van der Waals surface area contributed by atoms with Gasteiger partial charge in [-0.2, -0.15) is 0 Å². The fourth-order valence-corrected chi connectivity index (χ4v) is 3.69. The predicted octanol–water partition coefficient (Wildman–Crippen LogP) is -2.54. The Balaban J connectivity index is 2.97. The van der Waals surface area contributed by atoms with Gasteiger partial charge < -0.3 is 54.2 Å². The molecule has 228 valence electrons. The van der Waals surface area contributed by atoms with E-state index in [1.165, 1.54) is 24.3 Å². The molecule has 0 fully saturated rings. The quantitative estimate of drug-likeness (QED) is 0.0460. The molecule has 0 aliphatic carbocycles. The molecule has 0 aromatic heterocycles. The number of rotatable bonds is 19. The van der Waals surface area contributed by atoms with Crippen LogP contribution in [0.3, 0.4) is 0 Å². The number of amides is 3. The Bertz CT molecular complexity index is 1060. The molecule has 0 saturated carbocycles. The van der Waals surface area contributed by atoms with Crippen LogP contribution in [-0.4, -0.2) is 88.2 Å². The molecule has 0 saturated heterocycles.